The fraction of sp³-hybridized carbons (Fsp3) is 0.188. The third-order valence-corrected chi connectivity index (χ3v) is 3.23. The number of anilines is 3. The molecule has 0 radical (unpaired) electrons. The van der Waals surface area contributed by atoms with Gasteiger partial charge in [-0.1, -0.05) is 6.07 Å². The van der Waals surface area contributed by atoms with Crippen molar-refractivity contribution in [2.24, 2.45) is 0 Å². The summed E-state index contributed by atoms with van der Waals surface area (Å²) < 4.78 is 13.3. The Labute approximate surface area is 123 Å². The van der Waals surface area contributed by atoms with Gasteiger partial charge in [0, 0.05) is 38.2 Å². The standard InChI is InChI=1S/C16H18FN3O/c1-19(2)15-8-7-12(18)10-14(15)16(21)20(3)13-6-4-5-11(17)9-13/h4-10H,18H2,1-3H3. The number of nitrogen functional groups attached to an aromatic ring is 1. The third kappa shape index (κ3) is 3.13. The van der Waals surface area contributed by atoms with Gasteiger partial charge in [-0.05, 0) is 36.4 Å². The summed E-state index contributed by atoms with van der Waals surface area (Å²) in [5.74, 6) is -0.621. The normalized spacial score (nSPS) is 10.3. The zero-order valence-corrected chi connectivity index (χ0v) is 12.3. The van der Waals surface area contributed by atoms with Crippen LogP contribution in [0.15, 0.2) is 42.5 Å². The van der Waals surface area contributed by atoms with Gasteiger partial charge in [-0.2, -0.15) is 0 Å². The summed E-state index contributed by atoms with van der Waals surface area (Å²) >= 11 is 0. The second kappa shape index (κ2) is 5.83. The molecule has 0 aliphatic heterocycles. The van der Waals surface area contributed by atoms with Crippen LogP contribution in [-0.2, 0) is 0 Å². The Morgan fingerprint density at radius 3 is 2.43 bits per heavy atom. The topological polar surface area (TPSA) is 49.6 Å². The fourth-order valence-electron chi connectivity index (χ4n) is 2.10. The number of halogens is 1. The van der Waals surface area contributed by atoms with E-state index in [-0.39, 0.29) is 11.7 Å². The van der Waals surface area contributed by atoms with Crippen molar-refractivity contribution in [3.05, 3.63) is 53.8 Å². The SMILES string of the molecule is CN(C)c1ccc(N)cc1C(=O)N(C)c1cccc(F)c1. The van der Waals surface area contributed by atoms with Gasteiger partial charge in [0.25, 0.3) is 5.91 Å². The molecule has 5 heteroatoms. The zero-order valence-electron chi connectivity index (χ0n) is 12.3. The second-order valence-corrected chi connectivity index (χ2v) is 5.02. The maximum Gasteiger partial charge on any atom is 0.260 e. The van der Waals surface area contributed by atoms with Crippen molar-refractivity contribution in [3.8, 4) is 0 Å². The number of hydrogen-bond donors (Lipinski definition) is 1. The minimum atomic E-state index is -0.382. The molecule has 4 nitrogen and oxygen atoms in total. The molecule has 0 bridgehead atoms. The summed E-state index contributed by atoms with van der Waals surface area (Å²) in [7, 11) is 5.31. The van der Waals surface area contributed by atoms with Crippen LogP contribution >= 0.6 is 0 Å². The molecule has 21 heavy (non-hydrogen) atoms. The van der Waals surface area contributed by atoms with Crippen LogP contribution in [0, 0.1) is 5.82 Å². The van der Waals surface area contributed by atoms with Crippen molar-refractivity contribution >= 4 is 23.0 Å². The minimum absolute atomic E-state index is 0.239. The monoisotopic (exact) mass is 287 g/mol. The van der Waals surface area contributed by atoms with Crippen LogP contribution in [0.25, 0.3) is 0 Å². The molecular weight excluding hydrogens is 269 g/mol. The molecule has 0 aliphatic rings. The summed E-state index contributed by atoms with van der Waals surface area (Å²) in [5, 5.41) is 0. The Morgan fingerprint density at radius 2 is 1.81 bits per heavy atom. The lowest BCUT2D eigenvalue weighted by molar-refractivity contribution is 0.0993. The predicted molar refractivity (Wildman–Crippen MR) is 84.3 cm³/mol. The van der Waals surface area contributed by atoms with Gasteiger partial charge in [-0.25, -0.2) is 4.39 Å². The lowest BCUT2D eigenvalue weighted by Crippen LogP contribution is -2.28. The molecule has 110 valence electrons. The lowest BCUT2D eigenvalue weighted by Gasteiger charge is -2.22. The third-order valence-electron chi connectivity index (χ3n) is 3.23. The Hall–Kier alpha value is -2.56. The van der Waals surface area contributed by atoms with Gasteiger partial charge in [0.2, 0.25) is 0 Å². The van der Waals surface area contributed by atoms with Crippen LogP contribution in [0.3, 0.4) is 0 Å². The first-order chi connectivity index (χ1) is 9.90. The number of rotatable bonds is 3. The molecule has 1 amide bonds. The van der Waals surface area contributed by atoms with Crippen LogP contribution in [0.2, 0.25) is 0 Å². The Bertz CT molecular complexity index is 670. The van der Waals surface area contributed by atoms with Gasteiger partial charge in [0.15, 0.2) is 0 Å². The van der Waals surface area contributed by atoms with Crippen LogP contribution in [0.4, 0.5) is 21.5 Å². The smallest absolute Gasteiger partial charge is 0.260 e. The van der Waals surface area contributed by atoms with E-state index in [2.05, 4.69) is 0 Å². The van der Waals surface area contributed by atoms with Gasteiger partial charge in [-0.15, -0.1) is 0 Å². The maximum absolute atomic E-state index is 13.3. The summed E-state index contributed by atoms with van der Waals surface area (Å²) in [6.07, 6.45) is 0. The van der Waals surface area contributed by atoms with Crippen molar-refractivity contribution < 1.29 is 9.18 Å². The molecule has 0 saturated heterocycles. The maximum atomic E-state index is 13.3. The molecule has 0 spiro atoms. The molecule has 2 aromatic carbocycles. The molecule has 2 N–H and O–H groups in total. The molecule has 0 fully saturated rings. The van der Waals surface area contributed by atoms with Crippen LogP contribution < -0.4 is 15.5 Å². The van der Waals surface area contributed by atoms with Crippen molar-refractivity contribution in [1.82, 2.24) is 0 Å². The van der Waals surface area contributed by atoms with Gasteiger partial charge in [0.05, 0.1) is 5.56 Å². The van der Waals surface area contributed by atoms with Crippen molar-refractivity contribution in [2.45, 2.75) is 0 Å². The molecule has 0 aliphatic carbocycles. The van der Waals surface area contributed by atoms with Gasteiger partial charge >= 0.3 is 0 Å². The van der Waals surface area contributed by atoms with Crippen LogP contribution in [0.1, 0.15) is 10.4 Å². The molecule has 2 aromatic rings. The van der Waals surface area contributed by atoms with E-state index in [1.165, 1.54) is 17.0 Å². The number of carbonyl (C=O) groups excluding carboxylic acids is 1. The van der Waals surface area contributed by atoms with Crippen molar-refractivity contribution in [3.63, 3.8) is 0 Å². The fourth-order valence-corrected chi connectivity index (χ4v) is 2.10. The largest absolute Gasteiger partial charge is 0.399 e. The number of benzene rings is 2. The number of nitrogens with two attached hydrogens (primary N) is 1. The summed E-state index contributed by atoms with van der Waals surface area (Å²) in [4.78, 5) is 15.9. The highest BCUT2D eigenvalue weighted by Gasteiger charge is 2.18. The highest BCUT2D eigenvalue weighted by atomic mass is 19.1. The van der Waals surface area contributed by atoms with Gasteiger partial charge < -0.3 is 15.5 Å². The molecular formula is C16H18FN3O. The summed E-state index contributed by atoms with van der Waals surface area (Å²) in [5.41, 5.74) is 8.02. The quantitative estimate of drug-likeness (QED) is 0.883. The predicted octanol–water partition coefficient (Wildman–Crippen LogP) is 2.75. The number of nitrogens with zero attached hydrogens (tertiary/aromatic N) is 2. The second-order valence-electron chi connectivity index (χ2n) is 5.02. The zero-order chi connectivity index (χ0) is 15.6. The molecule has 0 aromatic heterocycles. The molecule has 0 saturated carbocycles. The van der Waals surface area contributed by atoms with E-state index in [0.717, 1.165) is 5.69 Å². The molecule has 2 rings (SSSR count). The van der Waals surface area contributed by atoms with E-state index in [0.29, 0.717) is 16.9 Å². The highest BCUT2D eigenvalue weighted by molar-refractivity contribution is 6.09. The lowest BCUT2D eigenvalue weighted by atomic mass is 10.1. The van der Waals surface area contributed by atoms with E-state index in [4.69, 9.17) is 5.73 Å². The van der Waals surface area contributed by atoms with Crippen molar-refractivity contribution in [2.75, 3.05) is 36.7 Å². The summed E-state index contributed by atoms with van der Waals surface area (Å²) in [6.45, 7) is 0. The number of carbonyl (C=O) groups is 1. The summed E-state index contributed by atoms with van der Waals surface area (Å²) in [6, 6.07) is 11.1. The Morgan fingerprint density at radius 1 is 1.10 bits per heavy atom. The molecule has 0 heterocycles. The van der Waals surface area contributed by atoms with Gasteiger partial charge in [0.1, 0.15) is 5.82 Å². The minimum Gasteiger partial charge on any atom is -0.399 e. The van der Waals surface area contributed by atoms with Crippen LogP contribution in [-0.4, -0.2) is 27.1 Å². The van der Waals surface area contributed by atoms with E-state index in [1.54, 1.807) is 37.4 Å². The average molecular weight is 287 g/mol. The Balaban J connectivity index is 2.42. The number of amides is 1. The van der Waals surface area contributed by atoms with E-state index >= 15 is 0 Å². The first kappa shape index (κ1) is 14.8. The van der Waals surface area contributed by atoms with Gasteiger partial charge in [-0.3, -0.25) is 4.79 Å². The first-order valence-corrected chi connectivity index (χ1v) is 6.50. The number of hydrogen-bond acceptors (Lipinski definition) is 3. The highest BCUT2D eigenvalue weighted by Crippen LogP contribution is 2.25. The first-order valence-electron chi connectivity index (χ1n) is 6.50. The van der Waals surface area contributed by atoms with E-state index < -0.39 is 0 Å². The Kier molecular flexibility index (Phi) is 4.12. The van der Waals surface area contributed by atoms with E-state index in [1.807, 2.05) is 19.0 Å². The molecule has 0 unspecified atom stereocenters. The van der Waals surface area contributed by atoms with E-state index in [9.17, 15) is 9.18 Å². The average Bonchev–Trinajstić information content (AvgIpc) is 2.45. The molecule has 0 atom stereocenters. The van der Waals surface area contributed by atoms with Crippen LogP contribution in [0.5, 0.6) is 0 Å². The van der Waals surface area contributed by atoms with Crippen molar-refractivity contribution in [1.29, 1.82) is 0 Å².